The van der Waals surface area contributed by atoms with E-state index in [1.54, 1.807) is 0 Å². The summed E-state index contributed by atoms with van der Waals surface area (Å²) >= 11 is 3.38. The zero-order valence-electron chi connectivity index (χ0n) is 11.3. The Morgan fingerprint density at radius 2 is 1.62 bits per heavy atom. The third-order valence-corrected chi connectivity index (χ3v) is 5.38. The number of likely N-dealkylation sites (tertiary alicyclic amines) is 1. The van der Waals surface area contributed by atoms with Crippen LogP contribution in [0.3, 0.4) is 0 Å². The molecule has 0 aromatic heterocycles. The van der Waals surface area contributed by atoms with Crippen molar-refractivity contribution in [2.24, 2.45) is 23.7 Å². The van der Waals surface area contributed by atoms with Gasteiger partial charge in [-0.15, -0.1) is 0 Å². The van der Waals surface area contributed by atoms with Gasteiger partial charge in [0.15, 0.2) is 0 Å². The van der Waals surface area contributed by atoms with Gasteiger partial charge in [0.05, 0.1) is 18.5 Å². The number of allylic oxidation sites excluding steroid dienone is 2. The molecule has 1 saturated carbocycles. The SMILES string of the molecule is O=C1[C@H]2[C@H](C(=O)N1CNc1ccc(Br)cc1)[C@H]1C=C[C@@H]2C1. The summed E-state index contributed by atoms with van der Waals surface area (Å²) in [7, 11) is 0. The molecule has 2 aliphatic carbocycles. The standard InChI is InChI=1S/C16H15BrN2O2/c17-11-3-5-12(6-4-11)18-8-19-15(20)13-9-1-2-10(7-9)14(13)16(19)21/h1-6,9-10,13-14,18H,7-8H2/t9-,10+,13-,14-/m1/s1. The molecule has 21 heavy (non-hydrogen) atoms. The van der Waals surface area contributed by atoms with Crippen molar-refractivity contribution in [2.75, 3.05) is 12.0 Å². The zero-order valence-corrected chi connectivity index (χ0v) is 12.9. The molecule has 0 radical (unpaired) electrons. The fourth-order valence-corrected chi connectivity index (χ4v) is 4.12. The maximum Gasteiger partial charge on any atom is 0.235 e. The summed E-state index contributed by atoms with van der Waals surface area (Å²) < 4.78 is 0.999. The van der Waals surface area contributed by atoms with Crippen molar-refractivity contribution in [3.63, 3.8) is 0 Å². The van der Waals surface area contributed by atoms with Crippen molar-refractivity contribution in [2.45, 2.75) is 6.42 Å². The van der Waals surface area contributed by atoms with Crippen LogP contribution in [0, 0.1) is 23.7 Å². The first-order chi connectivity index (χ1) is 10.1. The summed E-state index contributed by atoms with van der Waals surface area (Å²) in [4.78, 5) is 26.4. The fourth-order valence-electron chi connectivity index (χ4n) is 3.86. The van der Waals surface area contributed by atoms with Gasteiger partial charge >= 0.3 is 0 Å². The van der Waals surface area contributed by atoms with Crippen molar-refractivity contribution in [3.05, 3.63) is 40.9 Å². The summed E-state index contributed by atoms with van der Waals surface area (Å²) in [6.45, 7) is 0.256. The maximum atomic E-state index is 12.5. The summed E-state index contributed by atoms with van der Waals surface area (Å²) in [6, 6.07) is 7.69. The van der Waals surface area contributed by atoms with Crippen molar-refractivity contribution in [1.82, 2.24) is 4.90 Å². The molecule has 4 atom stereocenters. The van der Waals surface area contributed by atoms with Gasteiger partial charge in [0.25, 0.3) is 0 Å². The molecule has 0 spiro atoms. The number of rotatable bonds is 3. The maximum absolute atomic E-state index is 12.5. The molecule has 2 fully saturated rings. The highest BCUT2D eigenvalue weighted by molar-refractivity contribution is 9.10. The summed E-state index contributed by atoms with van der Waals surface area (Å²) in [5, 5.41) is 3.16. The highest BCUT2D eigenvalue weighted by atomic mass is 79.9. The molecule has 1 saturated heterocycles. The van der Waals surface area contributed by atoms with E-state index in [0.29, 0.717) is 0 Å². The molecule has 4 nitrogen and oxygen atoms in total. The second-order valence-electron chi connectivity index (χ2n) is 5.95. The highest BCUT2D eigenvalue weighted by Crippen LogP contribution is 2.52. The lowest BCUT2D eigenvalue weighted by atomic mass is 9.85. The lowest BCUT2D eigenvalue weighted by molar-refractivity contribution is -0.140. The Labute approximate surface area is 131 Å². The molecule has 4 rings (SSSR count). The Morgan fingerprint density at radius 1 is 1.05 bits per heavy atom. The van der Waals surface area contributed by atoms with E-state index in [2.05, 4.69) is 33.4 Å². The highest BCUT2D eigenvalue weighted by Gasteiger charge is 2.59. The van der Waals surface area contributed by atoms with Gasteiger partial charge in [-0.3, -0.25) is 14.5 Å². The van der Waals surface area contributed by atoms with Crippen LogP contribution in [0.5, 0.6) is 0 Å². The molecule has 2 amide bonds. The Balaban J connectivity index is 1.48. The van der Waals surface area contributed by atoms with E-state index in [1.165, 1.54) is 4.90 Å². The predicted octanol–water partition coefficient (Wildman–Crippen LogP) is 2.63. The number of carbonyl (C=O) groups excluding carboxylic acids is 2. The van der Waals surface area contributed by atoms with E-state index >= 15 is 0 Å². The van der Waals surface area contributed by atoms with Crippen LogP contribution < -0.4 is 5.32 Å². The van der Waals surface area contributed by atoms with Gasteiger partial charge < -0.3 is 5.32 Å². The van der Waals surface area contributed by atoms with Crippen LogP contribution in [0.25, 0.3) is 0 Å². The molecule has 2 bridgehead atoms. The molecule has 1 aromatic rings. The molecule has 0 unspecified atom stereocenters. The molecule has 5 heteroatoms. The zero-order chi connectivity index (χ0) is 14.6. The minimum Gasteiger partial charge on any atom is -0.367 e. The van der Waals surface area contributed by atoms with Gasteiger partial charge in [0.2, 0.25) is 11.8 Å². The number of nitrogens with one attached hydrogen (secondary N) is 1. The predicted molar refractivity (Wildman–Crippen MR) is 82.2 cm³/mol. The van der Waals surface area contributed by atoms with Crippen LogP contribution in [0.1, 0.15) is 6.42 Å². The molecular formula is C16H15BrN2O2. The molecule has 108 valence electrons. The first-order valence-electron chi connectivity index (χ1n) is 7.18. The van der Waals surface area contributed by atoms with Crippen molar-refractivity contribution in [1.29, 1.82) is 0 Å². The second kappa shape index (κ2) is 4.70. The van der Waals surface area contributed by atoms with Crippen LogP contribution in [-0.4, -0.2) is 23.4 Å². The Bertz CT molecular complexity index is 610. The van der Waals surface area contributed by atoms with Crippen LogP contribution >= 0.6 is 15.9 Å². The summed E-state index contributed by atoms with van der Waals surface area (Å²) in [6.07, 6.45) is 5.20. The van der Waals surface area contributed by atoms with Gasteiger partial charge in [-0.25, -0.2) is 0 Å². The molecule has 1 aliphatic heterocycles. The second-order valence-corrected chi connectivity index (χ2v) is 6.86. The van der Waals surface area contributed by atoms with Crippen LogP contribution in [0.2, 0.25) is 0 Å². The van der Waals surface area contributed by atoms with Crippen LogP contribution in [-0.2, 0) is 9.59 Å². The van der Waals surface area contributed by atoms with Crippen molar-refractivity contribution >= 4 is 33.4 Å². The number of amides is 2. The van der Waals surface area contributed by atoms with Crippen molar-refractivity contribution < 1.29 is 9.59 Å². The molecule has 1 N–H and O–H groups in total. The van der Waals surface area contributed by atoms with Crippen molar-refractivity contribution in [3.8, 4) is 0 Å². The minimum atomic E-state index is -0.112. The van der Waals surface area contributed by atoms with Gasteiger partial charge in [-0.2, -0.15) is 0 Å². The Kier molecular flexibility index (Phi) is 2.92. The quantitative estimate of drug-likeness (QED) is 0.676. The number of benzene rings is 1. The lowest BCUT2D eigenvalue weighted by Crippen LogP contribution is -2.37. The number of nitrogens with zero attached hydrogens (tertiary/aromatic N) is 1. The van der Waals surface area contributed by atoms with E-state index in [-0.39, 0.29) is 42.2 Å². The first kappa shape index (κ1) is 13.1. The van der Waals surface area contributed by atoms with E-state index < -0.39 is 0 Å². The normalized spacial score (nSPS) is 32.9. The first-order valence-corrected chi connectivity index (χ1v) is 7.97. The average molecular weight is 347 g/mol. The van der Waals surface area contributed by atoms with E-state index in [1.807, 2.05) is 24.3 Å². The number of hydrogen-bond donors (Lipinski definition) is 1. The third kappa shape index (κ3) is 1.94. The lowest BCUT2D eigenvalue weighted by Gasteiger charge is -2.18. The largest absolute Gasteiger partial charge is 0.367 e. The number of halogens is 1. The number of hydrogen-bond acceptors (Lipinski definition) is 3. The molecule has 1 heterocycles. The number of anilines is 1. The van der Waals surface area contributed by atoms with E-state index in [0.717, 1.165) is 16.6 Å². The molecular weight excluding hydrogens is 332 g/mol. The monoisotopic (exact) mass is 346 g/mol. The van der Waals surface area contributed by atoms with Gasteiger partial charge in [0.1, 0.15) is 0 Å². The number of carbonyl (C=O) groups is 2. The van der Waals surface area contributed by atoms with Crippen LogP contribution in [0.4, 0.5) is 5.69 Å². The number of imide groups is 1. The van der Waals surface area contributed by atoms with Gasteiger partial charge in [0, 0.05) is 10.2 Å². The summed E-state index contributed by atoms with van der Waals surface area (Å²) in [5.41, 5.74) is 0.900. The summed E-state index contributed by atoms with van der Waals surface area (Å²) in [5.74, 6) is 0.305. The average Bonchev–Trinajstić information content (AvgIpc) is 3.14. The smallest absolute Gasteiger partial charge is 0.235 e. The molecule has 1 aromatic carbocycles. The topological polar surface area (TPSA) is 49.4 Å². The number of fused-ring (bicyclic) bond motifs is 5. The third-order valence-electron chi connectivity index (χ3n) is 4.85. The Morgan fingerprint density at radius 3 is 2.19 bits per heavy atom. The van der Waals surface area contributed by atoms with Gasteiger partial charge in [-0.1, -0.05) is 28.1 Å². The van der Waals surface area contributed by atoms with Crippen LogP contribution in [0.15, 0.2) is 40.9 Å². The molecule has 3 aliphatic rings. The van der Waals surface area contributed by atoms with E-state index in [9.17, 15) is 9.59 Å². The van der Waals surface area contributed by atoms with Gasteiger partial charge in [-0.05, 0) is 42.5 Å². The fraction of sp³-hybridized carbons (Fsp3) is 0.375. The minimum absolute atomic E-state index is 0.00791. The Hall–Kier alpha value is -1.62. The van der Waals surface area contributed by atoms with E-state index in [4.69, 9.17) is 0 Å².